The number of rotatable bonds is 10. The Morgan fingerprint density at radius 2 is 1.71 bits per heavy atom. The highest BCUT2D eigenvalue weighted by atomic mass is 14.6. The van der Waals surface area contributed by atoms with E-state index in [1.165, 1.54) is 38.5 Å². The van der Waals surface area contributed by atoms with E-state index in [4.69, 9.17) is 0 Å². The maximum absolute atomic E-state index is 2.54. The van der Waals surface area contributed by atoms with E-state index in [2.05, 4.69) is 20.8 Å². The number of hydrogen-bond acceptors (Lipinski definition) is 0. The second-order valence-corrected chi connectivity index (χ2v) is 8.85. The van der Waals surface area contributed by atoms with Crippen molar-refractivity contribution in [2.24, 2.45) is 41.4 Å². The second kappa shape index (κ2) is 7.05. The summed E-state index contributed by atoms with van der Waals surface area (Å²) in [5, 5.41) is 0. The van der Waals surface area contributed by atoms with Gasteiger partial charge in [0.2, 0.25) is 0 Å². The van der Waals surface area contributed by atoms with E-state index in [1.807, 2.05) is 0 Å². The van der Waals surface area contributed by atoms with Crippen LogP contribution in [0, 0.1) is 41.4 Å². The highest BCUT2D eigenvalue weighted by Crippen LogP contribution is 2.62. The minimum Gasteiger partial charge on any atom is -0.0654 e. The summed E-state index contributed by atoms with van der Waals surface area (Å²) in [7, 11) is 0. The van der Waals surface area contributed by atoms with Crippen LogP contribution in [0.3, 0.4) is 0 Å². The fourth-order valence-electron chi connectivity index (χ4n) is 5.76. The fourth-order valence-corrected chi connectivity index (χ4v) is 5.76. The van der Waals surface area contributed by atoms with Crippen molar-refractivity contribution in [1.82, 2.24) is 0 Å². The summed E-state index contributed by atoms with van der Waals surface area (Å²) in [4.78, 5) is 0. The predicted octanol–water partition coefficient (Wildman–Crippen LogP) is 6.69. The molecule has 3 aliphatic rings. The van der Waals surface area contributed by atoms with Gasteiger partial charge in [-0.1, -0.05) is 59.3 Å². The lowest BCUT2D eigenvalue weighted by Crippen LogP contribution is -2.04. The molecule has 0 spiro atoms. The Bertz CT molecular complexity index is 320. The van der Waals surface area contributed by atoms with Gasteiger partial charge >= 0.3 is 0 Å². The third-order valence-corrected chi connectivity index (χ3v) is 7.43. The molecule has 0 aliphatic heterocycles. The van der Waals surface area contributed by atoms with E-state index in [1.54, 1.807) is 32.1 Å². The average molecular weight is 291 g/mol. The Kier molecular flexibility index (Phi) is 5.33. The summed E-state index contributed by atoms with van der Waals surface area (Å²) in [6.07, 6.45) is 16.7. The van der Waals surface area contributed by atoms with Gasteiger partial charge in [0, 0.05) is 0 Å². The molecule has 3 aliphatic carbocycles. The van der Waals surface area contributed by atoms with Gasteiger partial charge < -0.3 is 0 Å². The molecule has 0 aromatic rings. The Balaban J connectivity index is 1.24. The van der Waals surface area contributed by atoms with Gasteiger partial charge in [0.15, 0.2) is 0 Å². The van der Waals surface area contributed by atoms with Gasteiger partial charge in [-0.15, -0.1) is 0 Å². The molecule has 0 bridgehead atoms. The van der Waals surface area contributed by atoms with Gasteiger partial charge in [-0.2, -0.15) is 0 Å². The molecule has 3 saturated carbocycles. The standard InChI is InChI=1S/C21H38/c1-4-5-6-7-8-9-15(2)20-14-18(20)11-10-17-12-13-19-16(3)21(17)19/h15-21H,4-14H2,1-3H3. The van der Waals surface area contributed by atoms with Crippen LogP contribution in [0.4, 0.5) is 0 Å². The van der Waals surface area contributed by atoms with Crippen LogP contribution < -0.4 is 0 Å². The van der Waals surface area contributed by atoms with Gasteiger partial charge in [0.05, 0.1) is 0 Å². The minimum atomic E-state index is 1.02. The zero-order valence-corrected chi connectivity index (χ0v) is 14.8. The maximum atomic E-state index is 2.54. The lowest BCUT2D eigenvalue weighted by atomic mass is 9.91. The molecule has 0 amide bonds. The molecule has 0 heterocycles. The molecule has 0 saturated heterocycles. The molecule has 122 valence electrons. The summed E-state index contributed by atoms with van der Waals surface area (Å²) in [5.74, 6) is 7.82. The zero-order valence-electron chi connectivity index (χ0n) is 14.8. The molecule has 0 heteroatoms. The first-order chi connectivity index (χ1) is 10.2. The molecule has 7 unspecified atom stereocenters. The minimum absolute atomic E-state index is 1.02. The molecule has 0 aromatic heterocycles. The molecule has 3 fully saturated rings. The molecule has 0 nitrogen and oxygen atoms in total. The van der Waals surface area contributed by atoms with E-state index in [9.17, 15) is 0 Å². The van der Waals surface area contributed by atoms with E-state index < -0.39 is 0 Å². The van der Waals surface area contributed by atoms with Gasteiger partial charge in [-0.3, -0.25) is 0 Å². The maximum Gasteiger partial charge on any atom is -0.0326 e. The van der Waals surface area contributed by atoms with E-state index >= 15 is 0 Å². The first kappa shape index (κ1) is 15.9. The van der Waals surface area contributed by atoms with Gasteiger partial charge in [-0.25, -0.2) is 0 Å². The van der Waals surface area contributed by atoms with Crippen LogP contribution in [-0.2, 0) is 0 Å². The molecule has 3 rings (SSSR count). The lowest BCUT2D eigenvalue weighted by molar-refractivity contribution is 0.366. The molecule has 7 atom stereocenters. The van der Waals surface area contributed by atoms with Crippen LogP contribution in [0.2, 0.25) is 0 Å². The number of unbranched alkanes of at least 4 members (excludes halogenated alkanes) is 4. The first-order valence-electron chi connectivity index (χ1n) is 10.2. The Labute approximate surface area is 133 Å². The van der Waals surface area contributed by atoms with Crippen molar-refractivity contribution in [3.63, 3.8) is 0 Å². The van der Waals surface area contributed by atoms with Gasteiger partial charge in [0.1, 0.15) is 0 Å². The Morgan fingerprint density at radius 3 is 2.43 bits per heavy atom. The molecular weight excluding hydrogens is 252 g/mol. The predicted molar refractivity (Wildman–Crippen MR) is 92.2 cm³/mol. The van der Waals surface area contributed by atoms with Crippen LogP contribution in [0.1, 0.15) is 91.4 Å². The monoisotopic (exact) mass is 290 g/mol. The number of hydrogen-bond donors (Lipinski definition) is 0. The first-order valence-corrected chi connectivity index (χ1v) is 10.2. The lowest BCUT2D eigenvalue weighted by Gasteiger charge is -2.14. The van der Waals surface area contributed by atoms with Crippen molar-refractivity contribution in [1.29, 1.82) is 0 Å². The summed E-state index contributed by atoms with van der Waals surface area (Å²) in [6, 6.07) is 0. The Hall–Kier alpha value is 0. The summed E-state index contributed by atoms with van der Waals surface area (Å²) in [5.41, 5.74) is 0. The molecule has 21 heavy (non-hydrogen) atoms. The van der Waals surface area contributed by atoms with Crippen LogP contribution in [0.5, 0.6) is 0 Å². The van der Waals surface area contributed by atoms with Crippen LogP contribution >= 0.6 is 0 Å². The zero-order chi connectivity index (χ0) is 14.8. The smallest absolute Gasteiger partial charge is 0.0326 e. The van der Waals surface area contributed by atoms with Crippen molar-refractivity contribution >= 4 is 0 Å². The van der Waals surface area contributed by atoms with Crippen molar-refractivity contribution in [2.75, 3.05) is 0 Å². The van der Waals surface area contributed by atoms with E-state index in [0.29, 0.717) is 0 Å². The molecule has 0 radical (unpaired) electrons. The highest BCUT2D eigenvalue weighted by Gasteiger charge is 2.54. The van der Waals surface area contributed by atoms with Crippen LogP contribution in [0.15, 0.2) is 0 Å². The topological polar surface area (TPSA) is 0 Å². The summed E-state index contributed by atoms with van der Waals surface area (Å²) in [6.45, 7) is 7.35. The van der Waals surface area contributed by atoms with E-state index in [-0.39, 0.29) is 0 Å². The summed E-state index contributed by atoms with van der Waals surface area (Å²) >= 11 is 0. The molecular formula is C21H38. The largest absolute Gasteiger partial charge is 0.0654 e. The second-order valence-electron chi connectivity index (χ2n) is 8.85. The van der Waals surface area contributed by atoms with Crippen LogP contribution in [-0.4, -0.2) is 0 Å². The van der Waals surface area contributed by atoms with Crippen molar-refractivity contribution in [3.8, 4) is 0 Å². The third kappa shape index (κ3) is 3.85. The normalized spacial score (nSPS) is 41.9. The molecule has 0 aromatic carbocycles. The highest BCUT2D eigenvalue weighted by molar-refractivity contribution is 5.03. The number of fused-ring (bicyclic) bond motifs is 1. The van der Waals surface area contributed by atoms with Crippen LogP contribution in [0.25, 0.3) is 0 Å². The van der Waals surface area contributed by atoms with Crippen molar-refractivity contribution in [2.45, 2.75) is 91.4 Å². The third-order valence-electron chi connectivity index (χ3n) is 7.43. The average Bonchev–Trinajstić information content (AvgIpc) is 3.34. The Morgan fingerprint density at radius 1 is 0.952 bits per heavy atom. The van der Waals surface area contributed by atoms with Crippen molar-refractivity contribution in [3.05, 3.63) is 0 Å². The fraction of sp³-hybridized carbons (Fsp3) is 1.00. The van der Waals surface area contributed by atoms with Gasteiger partial charge in [0.25, 0.3) is 0 Å². The molecule has 0 N–H and O–H groups in total. The van der Waals surface area contributed by atoms with Gasteiger partial charge in [-0.05, 0) is 73.5 Å². The SMILES string of the molecule is CCCCCCCC(C)C1CC1CCC1CCC2C(C)C12. The summed E-state index contributed by atoms with van der Waals surface area (Å²) < 4.78 is 0. The van der Waals surface area contributed by atoms with Crippen molar-refractivity contribution < 1.29 is 0 Å². The quantitative estimate of drug-likeness (QED) is 0.393. The van der Waals surface area contributed by atoms with E-state index in [0.717, 1.165) is 41.4 Å².